The Balaban J connectivity index is 1.87. The highest BCUT2D eigenvalue weighted by Crippen LogP contribution is 2.24. The highest BCUT2D eigenvalue weighted by Gasteiger charge is 2.12. The zero-order chi connectivity index (χ0) is 15.1. The van der Waals surface area contributed by atoms with Crippen molar-refractivity contribution in [2.45, 2.75) is 13.0 Å². The molecule has 0 aliphatic heterocycles. The van der Waals surface area contributed by atoms with E-state index in [0.717, 1.165) is 13.0 Å². The summed E-state index contributed by atoms with van der Waals surface area (Å²) >= 11 is 0. The number of carbonyl (C=O) groups is 1. The molecule has 1 N–H and O–H groups in total. The van der Waals surface area contributed by atoms with Gasteiger partial charge in [-0.25, -0.2) is 0 Å². The van der Waals surface area contributed by atoms with E-state index in [-0.39, 0.29) is 5.91 Å². The fourth-order valence-electron chi connectivity index (χ4n) is 1.96. The Morgan fingerprint density at radius 2 is 2.19 bits per heavy atom. The zero-order valence-corrected chi connectivity index (χ0v) is 12.2. The molecule has 21 heavy (non-hydrogen) atoms. The first-order valence-corrected chi connectivity index (χ1v) is 6.72. The van der Waals surface area contributed by atoms with Gasteiger partial charge in [-0.1, -0.05) is 0 Å². The van der Waals surface area contributed by atoms with Crippen molar-refractivity contribution in [3.05, 3.63) is 42.2 Å². The second kappa shape index (κ2) is 7.33. The van der Waals surface area contributed by atoms with Crippen molar-refractivity contribution < 1.29 is 14.3 Å². The van der Waals surface area contributed by atoms with Gasteiger partial charge >= 0.3 is 0 Å². The summed E-state index contributed by atoms with van der Waals surface area (Å²) in [7, 11) is 3.10. The van der Waals surface area contributed by atoms with Gasteiger partial charge in [0.05, 0.1) is 19.8 Å². The number of carbonyl (C=O) groups excluding carboxylic acids is 1. The van der Waals surface area contributed by atoms with Crippen LogP contribution in [0.3, 0.4) is 0 Å². The lowest BCUT2D eigenvalue weighted by Gasteiger charge is -2.10. The Kier molecular flexibility index (Phi) is 5.20. The first-order valence-electron chi connectivity index (χ1n) is 6.72. The van der Waals surface area contributed by atoms with Crippen LogP contribution in [-0.2, 0) is 6.54 Å². The molecule has 6 nitrogen and oxygen atoms in total. The van der Waals surface area contributed by atoms with Gasteiger partial charge in [-0.05, 0) is 24.6 Å². The van der Waals surface area contributed by atoms with Gasteiger partial charge in [-0.2, -0.15) is 5.10 Å². The van der Waals surface area contributed by atoms with E-state index in [9.17, 15) is 4.79 Å². The van der Waals surface area contributed by atoms with Crippen molar-refractivity contribution in [1.82, 2.24) is 15.1 Å². The lowest BCUT2D eigenvalue weighted by Crippen LogP contribution is -2.25. The van der Waals surface area contributed by atoms with Crippen LogP contribution >= 0.6 is 0 Å². The molecule has 0 saturated carbocycles. The van der Waals surface area contributed by atoms with Crippen LogP contribution in [0.4, 0.5) is 0 Å². The summed E-state index contributed by atoms with van der Waals surface area (Å²) in [6.07, 6.45) is 4.45. The van der Waals surface area contributed by atoms with E-state index in [1.54, 1.807) is 31.5 Å². The van der Waals surface area contributed by atoms with Crippen molar-refractivity contribution >= 4 is 5.91 Å². The largest absolute Gasteiger partial charge is 0.497 e. The van der Waals surface area contributed by atoms with E-state index in [4.69, 9.17) is 9.47 Å². The fourth-order valence-corrected chi connectivity index (χ4v) is 1.96. The topological polar surface area (TPSA) is 65.4 Å². The fraction of sp³-hybridized carbons (Fsp3) is 0.333. The number of methoxy groups -OCH3 is 2. The molecular weight excluding hydrogens is 270 g/mol. The lowest BCUT2D eigenvalue weighted by molar-refractivity contribution is 0.0949. The molecule has 2 aromatic rings. The van der Waals surface area contributed by atoms with Gasteiger partial charge in [0.1, 0.15) is 11.5 Å². The van der Waals surface area contributed by atoms with Gasteiger partial charge in [0, 0.05) is 31.5 Å². The number of nitrogens with one attached hydrogen (secondary N) is 1. The smallest absolute Gasteiger partial charge is 0.255 e. The third-order valence-corrected chi connectivity index (χ3v) is 3.06. The van der Waals surface area contributed by atoms with Gasteiger partial charge in [-0.15, -0.1) is 0 Å². The van der Waals surface area contributed by atoms with Crippen LogP contribution in [0.1, 0.15) is 16.8 Å². The molecule has 0 saturated heterocycles. The van der Waals surface area contributed by atoms with E-state index in [1.807, 2.05) is 16.9 Å². The van der Waals surface area contributed by atoms with Gasteiger partial charge < -0.3 is 14.8 Å². The predicted molar refractivity (Wildman–Crippen MR) is 78.7 cm³/mol. The monoisotopic (exact) mass is 289 g/mol. The maximum absolute atomic E-state index is 12.1. The summed E-state index contributed by atoms with van der Waals surface area (Å²) in [5.41, 5.74) is 0.498. The van der Waals surface area contributed by atoms with Crippen molar-refractivity contribution in [3.8, 4) is 11.5 Å². The first-order chi connectivity index (χ1) is 10.2. The molecule has 1 aromatic heterocycles. The number of aromatic nitrogens is 2. The third kappa shape index (κ3) is 3.98. The van der Waals surface area contributed by atoms with Gasteiger partial charge in [0.15, 0.2) is 0 Å². The van der Waals surface area contributed by atoms with Crippen molar-refractivity contribution in [1.29, 1.82) is 0 Å². The minimum absolute atomic E-state index is 0.157. The Bertz CT molecular complexity index is 582. The highest BCUT2D eigenvalue weighted by molar-refractivity contribution is 5.97. The second-order valence-corrected chi connectivity index (χ2v) is 4.44. The summed E-state index contributed by atoms with van der Waals surface area (Å²) in [6, 6.07) is 7.00. The number of amides is 1. The summed E-state index contributed by atoms with van der Waals surface area (Å²) in [5.74, 6) is 0.996. The first kappa shape index (κ1) is 14.9. The maximum Gasteiger partial charge on any atom is 0.255 e. The quantitative estimate of drug-likeness (QED) is 0.788. The van der Waals surface area contributed by atoms with Crippen LogP contribution in [0.15, 0.2) is 36.7 Å². The van der Waals surface area contributed by atoms with E-state index >= 15 is 0 Å². The SMILES string of the molecule is COc1ccc(C(=O)NCCCn2cccn2)c(OC)c1. The molecule has 6 heteroatoms. The summed E-state index contributed by atoms with van der Waals surface area (Å²) in [6.45, 7) is 1.35. The molecule has 2 rings (SSSR count). The second-order valence-electron chi connectivity index (χ2n) is 4.44. The number of hydrogen-bond donors (Lipinski definition) is 1. The molecule has 112 valence electrons. The molecule has 0 bridgehead atoms. The summed E-state index contributed by atoms with van der Waals surface area (Å²) in [4.78, 5) is 12.1. The molecule has 0 fully saturated rings. The molecule has 1 amide bonds. The van der Waals surface area contributed by atoms with Gasteiger partial charge in [0.2, 0.25) is 0 Å². The minimum Gasteiger partial charge on any atom is -0.497 e. The Morgan fingerprint density at radius 3 is 2.86 bits per heavy atom. The number of benzene rings is 1. The number of aryl methyl sites for hydroxylation is 1. The number of nitrogens with zero attached hydrogens (tertiary/aromatic N) is 2. The standard InChI is InChI=1S/C15H19N3O3/c1-20-12-5-6-13(14(11-12)21-2)15(19)16-7-3-9-18-10-4-8-17-18/h4-6,8,10-11H,3,7,9H2,1-2H3,(H,16,19). The van der Waals surface area contributed by atoms with Crippen LogP contribution in [0.5, 0.6) is 11.5 Å². The maximum atomic E-state index is 12.1. The van der Waals surface area contributed by atoms with Crippen LogP contribution < -0.4 is 14.8 Å². The van der Waals surface area contributed by atoms with Crippen LogP contribution in [0, 0.1) is 0 Å². The average Bonchev–Trinajstić information content (AvgIpc) is 3.04. The molecule has 0 aliphatic rings. The molecule has 0 radical (unpaired) electrons. The van der Waals surface area contributed by atoms with E-state index in [2.05, 4.69) is 10.4 Å². The van der Waals surface area contributed by atoms with Crippen molar-refractivity contribution in [2.24, 2.45) is 0 Å². The van der Waals surface area contributed by atoms with E-state index < -0.39 is 0 Å². The van der Waals surface area contributed by atoms with Crippen LogP contribution in [0.2, 0.25) is 0 Å². The molecule has 0 spiro atoms. The summed E-state index contributed by atoms with van der Waals surface area (Å²) in [5, 5.41) is 6.98. The molecular formula is C15H19N3O3. The molecule has 1 heterocycles. The minimum atomic E-state index is -0.157. The molecule has 0 atom stereocenters. The van der Waals surface area contributed by atoms with E-state index in [1.165, 1.54) is 7.11 Å². The van der Waals surface area contributed by atoms with Gasteiger partial charge in [0.25, 0.3) is 5.91 Å². The zero-order valence-electron chi connectivity index (χ0n) is 12.2. The normalized spacial score (nSPS) is 10.2. The lowest BCUT2D eigenvalue weighted by atomic mass is 10.1. The Hall–Kier alpha value is -2.50. The molecule has 0 unspecified atom stereocenters. The number of hydrogen-bond acceptors (Lipinski definition) is 4. The average molecular weight is 289 g/mol. The summed E-state index contributed by atoms with van der Waals surface area (Å²) < 4.78 is 12.2. The molecule has 1 aromatic carbocycles. The Labute approximate surface area is 123 Å². The van der Waals surface area contributed by atoms with E-state index in [0.29, 0.717) is 23.6 Å². The number of ether oxygens (including phenoxy) is 2. The van der Waals surface area contributed by atoms with Crippen molar-refractivity contribution in [2.75, 3.05) is 20.8 Å². The third-order valence-electron chi connectivity index (χ3n) is 3.06. The van der Waals surface area contributed by atoms with Gasteiger partial charge in [-0.3, -0.25) is 9.48 Å². The van der Waals surface area contributed by atoms with Crippen LogP contribution in [0.25, 0.3) is 0 Å². The Morgan fingerprint density at radius 1 is 1.33 bits per heavy atom. The predicted octanol–water partition coefficient (Wildman–Crippen LogP) is 1.72. The van der Waals surface area contributed by atoms with Crippen LogP contribution in [-0.4, -0.2) is 36.5 Å². The van der Waals surface area contributed by atoms with Crippen molar-refractivity contribution in [3.63, 3.8) is 0 Å². The number of rotatable bonds is 7. The highest BCUT2D eigenvalue weighted by atomic mass is 16.5. The molecule has 0 aliphatic carbocycles.